The first-order chi connectivity index (χ1) is 9.15. The average molecular weight is 262 g/mol. The van der Waals surface area contributed by atoms with Crippen LogP contribution >= 0.6 is 0 Å². The average Bonchev–Trinajstić information content (AvgIpc) is 2.43. The second-order valence-electron chi connectivity index (χ2n) is 4.84. The van der Waals surface area contributed by atoms with E-state index in [9.17, 15) is 9.59 Å². The van der Waals surface area contributed by atoms with Gasteiger partial charge in [0.15, 0.2) is 0 Å². The molecule has 0 amide bonds. The predicted octanol–water partition coefficient (Wildman–Crippen LogP) is 2.11. The Morgan fingerprint density at radius 3 is 2.68 bits per heavy atom. The third-order valence-corrected chi connectivity index (χ3v) is 3.16. The molecule has 0 N–H and O–H groups in total. The molecule has 1 heterocycles. The second-order valence-corrected chi connectivity index (χ2v) is 4.84. The fraction of sp³-hybridized carbons (Fsp3) is 0.467. The molecule has 19 heavy (non-hydrogen) atoms. The molecular formula is C15H18O4. The van der Waals surface area contributed by atoms with Gasteiger partial charge in [-0.2, -0.15) is 0 Å². The number of benzene rings is 1. The summed E-state index contributed by atoms with van der Waals surface area (Å²) in [6.45, 7) is 1.92. The van der Waals surface area contributed by atoms with E-state index in [1.54, 1.807) is 0 Å². The van der Waals surface area contributed by atoms with Crippen molar-refractivity contribution in [2.75, 3.05) is 6.61 Å². The first-order valence-electron chi connectivity index (χ1n) is 6.55. The van der Waals surface area contributed by atoms with Gasteiger partial charge in [0.1, 0.15) is 6.61 Å². The van der Waals surface area contributed by atoms with Gasteiger partial charge >= 0.3 is 11.9 Å². The van der Waals surface area contributed by atoms with Crippen LogP contribution in [0.15, 0.2) is 30.3 Å². The SMILES string of the molecule is C[C@H]1CC(Cc2ccccc2)C(=O)OCCC(=O)O1. The smallest absolute Gasteiger partial charge is 0.309 e. The summed E-state index contributed by atoms with van der Waals surface area (Å²) in [4.78, 5) is 23.3. The predicted molar refractivity (Wildman–Crippen MR) is 69.4 cm³/mol. The van der Waals surface area contributed by atoms with E-state index < -0.39 is 0 Å². The topological polar surface area (TPSA) is 52.6 Å². The van der Waals surface area contributed by atoms with Gasteiger partial charge in [-0.25, -0.2) is 0 Å². The van der Waals surface area contributed by atoms with Crippen molar-refractivity contribution in [1.29, 1.82) is 0 Å². The molecule has 1 aromatic rings. The number of hydrogen-bond acceptors (Lipinski definition) is 4. The molecule has 1 aliphatic heterocycles. The first-order valence-corrected chi connectivity index (χ1v) is 6.55. The number of carbonyl (C=O) groups excluding carboxylic acids is 2. The Labute approximate surface area is 112 Å². The summed E-state index contributed by atoms with van der Waals surface area (Å²) < 4.78 is 10.3. The van der Waals surface area contributed by atoms with Crippen molar-refractivity contribution in [1.82, 2.24) is 0 Å². The number of esters is 2. The Balaban J connectivity index is 2.07. The van der Waals surface area contributed by atoms with Gasteiger partial charge in [0, 0.05) is 0 Å². The van der Waals surface area contributed by atoms with Gasteiger partial charge in [0.2, 0.25) is 0 Å². The van der Waals surface area contributed by atoms with Crippen molar-refractivity contribution < 1.29 is 19.1 Å². The molecule has 2 rings (SSSR count). The number of cyclic esters (lactones) is 2. The van der Waals surface area contributed by atoms with E-state index in [1.807, 2.05) is 37.3 Å². The van der Waals surface area contributed by atoms with E-state index in [0.29, 0.717) is 12.8 Å². The number of carbonyl (C=O) groups is 2. The quantitative estimate of drug-likeness (QED) is 0.766. The highest BCUT2D eigenvalue weighted by Crippen LogP contribution is 2.19. The standard InChI is InChI=1S/C15H18O4/c1-11-9-13(10-12-5-3-2-4-6-12)15(17)18-8-7-14(16)19-11/h2-6,11,13H,7-10H2,1H3/t11-,13?/m0/s1. The lowest BCUT2D eigenvalue weighted by Gasteiger charge is -2.18. The van der Waals surface area contributed by atoms with Crippen LogP contribution in [0, 0.1) is 5.92 Å². The normalized spacial score (nSPS) is 24.7. The highest BCUT2D eigenvalue weighted by atomic mass is 16.6. The fourth-order valence-electron chi connectivity index (χ4n) is 2.25. The van der Waals surface area contributed by atoms with Crippen molar-refractivity contribution in [3.05, 3.63) is 35.9 Å². The Morgan fingerprint density at radius 2 is 1.95 bits per heavy atom. The second kappa shape index (κ2) is 6.36. The molecule has 1 unspecified atom stereocenters. The van der Waals surface area contributed by atoms with Gasteiger partial charge < -0.3 is 9.47 Å². The minimum absolute atomic E-state index is 0.107. The van der Waals surface area contributed by atoms with Gasteiger partial charge in [-0.3, -0.25) is 9.59 Å². The summed E-state index contributed by atoms with van der Waals surface area (Å²) in [5.41, 5.74) is 1.09. The highest BCUT2D eigenvalue weighted by Gasteiger charge is 2.26. The van der Waals surface area contributed by atoms with Crippen LogP contribution in [-0.2, 0) is 25.5 Å². The molecule has 0 aliphatic carbocycles. The molecule has 4 nitrogen and oxygen atoms in total. The molecule has 1 aliphatic rings. The fourth-order valence-corrected chi connectivity index (χ4v) is 2.25. The molecule has 0 aromatic heterocycles. The lowest BCUT2D eigenvalue weighted by atomic mass is 9.94. The Morgan fingerprint density at radius 1 is 1.21 bits per heavy atom. The van der Waals surface area contributed by atoms with Gasteiger partial charge in [0.05, 0.1) is 18.4 Å². The Kier molecular flexibility index (Phi) is 4.55. The van der Waals surface area contributed by atoms with Crippen molar-refractivity contribution >= 4 is 11.9 Å². The monoisotopic (exact) mass is 262 g/mol. The van der Waals surface area contributed by atoms with Crippen LogP contribution < -0.4 is 0 Å². The van der Waals surface area contributed by atoms with Crippen LogP contribution in [0.3, 0.4) is 0 Å². The molecular weight excluding hydrogens is 244 g/mol. The largest absolute Gasteiger partial charge is 0.465 e. The molecule has 0 spiro atoms. The molecule has 1 fully saturated rings. The van der Waals surface area contributed by atoms with E-state index in [4.69, 9.17) is 9.47 Å². The van der Waals surface area contributed by atoms with Gasteiger partial charge in [-0.15, -0.1) is 0 Å². The summed E-state index contributed by atoms with van der Waals surface area (Å²) in [5.74, 6) is -0.807. The Bertz CT molecular complexity index is 441. The molecule has 0 saturated carbocycles. The molecule has 2 atom stereocenters. The molecule has 0 radical (unpaired) electrons. The van der Waals surface area contributed by atoms with Crippen molar-refractivity contribution in [3.63, 3.8) is 0 Å². The zero-order valence-electron chi connectivity index (χ0n) is 11.0. The molecule has 1 saturated heterocycles. The maximum Gasteiger partial charge on any atom is 0.309 e. The molecule has 0 bridgehead atoms. The van der Waals surface area contributed by atoms with Crippen LogP contribution in [0.4, 0.5) is 0 Å². The third-order valence-electron chi connectivity index (χ3n) is 3.16. The minimum atomic E-state index is -0.305. The van der Waals surface area contributed by atoms with E-state index in [2.05, 4.69) is 0 Å². The zero-order chi connectivity index (χ0) is 13.7. The van der Waals surface area contributed by atoms with Gasteiger partial charge in [-0.1, -0.05) is 30.3 Å². The van der Waals surface area contributed by atoms with E-state index in [-0.39, 0.29) is 37.0 Å². The van der Waals surface area contributed by atoms with E-state index in [1.165, 1.54) is 0 Å². The third kappa shape index (κ3) is 4.09. The van der Waals surface area contributed by atoms with Crippen LogP contribution in [0.2, 0.25) is 0 Å². The maximum absolute atomic E-state index is 12.0. The summed E-state index contributed by atoms with van der Waals surface area (Å²) >= 11 is 0. The highest BCUT2D eigenvalue weighted by molar-refractivity contribution is 5.75. The number of rotatable bonds is 2. The zero-order valence-corrected chi connectivity index (χ0v) is 11.0. The first kappa shape index (κ1) is 13.6. The van der Waals surface area contributed by atoms with Crippen molar-refractivity contribution in [2.45, 2.75) is 32.3 Å². The number of hydrogen-bond donors (Lipinski definition) is 0. The lowest BCUT2D eigenvalue weighted by molar-refractivity contribution is -0.149. The van der Waals surface area contributed by atoms with Crippen LogP contribution in [0.5, 0.6) is 0 Å². The van der Waals surface area contributed by atoms with E-state index >= 15 is 0 Å². The Hall–Kier alpha value is -1.84. The summed E-state index contributed by atoms with van der Waals surface area (Å²) in [6.07, 6.45) is 0.988. The van der Waals surface area contributed by atoms with Crippen LogP contribution in [0.1, 0.15) is 25.3 Å². The lowest BCUT2D eigenvalue weighted by Crippen LogP contribution is -2.24. The van der Waals surface area contributed by atoms with Gasteiger partial charge in [0.25, 0.3) is 0 Å². The molecule has 4 heteroatoms. The van der Waals surface area contributed by atoms with E-state index in [0.717, 1.165) is 5.56 Å². The van der Waals surface area contributed by atoms with Gasteiger partial charge in [-0.05, 0) is 25.3 Å². The summed E-state index contributed by atoms with van der Waals surface area (Å²) in [7, 11) is 0. The van der Waals surface area contributed by atoms with Crippen molar-refractivity contribution in [2.24, 2.45) is 5.92 Å². The number of ether oxygens (including phenoxy) is 2. The van der Waals surface area contributed by atoms with Crippen molar-refractivity contribution in [3.8, 4) is 0 Å². The molecule has 102 valence electrons. The van der Waals surface area contributed by atoms with Crippen LogP contribution in [0.25, 0.3) is 0 Å². The summed E-state index contributed by atoms with van der Waals surface area (Å²) in [5, 5.41) is 0. The summed E-state index contributed by atoms with van der Waals surface area (Å²) in [6, 6.07) is 9.79. The minimum Gasteiger partial charge on any atom is -0.465 e. The maximum atomic E-state index is 12.0. The van der Waals surface area contributed by atoms with Crippen LogP contribution in [-0.4, -0.2) is 24.6 Å². The molecule has 1 aromatic carbocycles.